The molecule has 0 radical (unpaired) electrons. The van der Waals surface area contributed by atoms with Gasteiger partial charge in [-0.25, -0.2) is 4.98 Å². The molecule has 1 atom stereocenters. The lowest BCUT2D eigenvalue weighted by Gasteiger charge is -2.17. The van der Waals surface area contributed by atoms with Crippen LogP contribution < -0.4 is 16.0 Å². The van der Waals surface area contributed by atoms with Gasteiger partial charge >= 0.3 is 0 Å². The standard InChI is InChI=1S/C39H27Cl3N4O3S2/c40-27-14-7-9-24(19-27)20-33(44-36(47)26-12-5-2-6-13-26)37(48)43-29-15-8-16-30(22-29)51-35(25-10-3-1-4-11-25)38(49)46-39-45-34(23-50-39)31-18-17-28(41)21-32(31)42/h1-23,35H,(H,43,48)(H,44,47)(H,45,46,49)/b33-20-. The Morgan fingerprint density at radius 3 is 2.22 bits per heavy atom. The molecule has 1 unspecified atom stereocenters. The molecule has 12 heteroatoms. The predicted molar refractivity (Wildman–Crippen MR) is 210 cm³/mol. The number of rotatable bonds is 11. The molecular formula is C39H27Cl3N4O3S2. The number of nitrogens with zero attached hydrogens (tertiary/aromatic N) is 1. The summed E-state index contributed by atoms with van der Waals surface area (Å²) < 4.78 is 0. The van der Waals surface area contributed by atoms with Gasteiger partial charge < -0.3 is 16.0 Å². The molecule has 0 aliphatic carbocycles. The Morgan fingerprint density at radius 2 is 1.47 bits per heavy atom. The molecule has 1 heterocycles. The first-order valence-corrected chi connectivity index (χ1v) is 18.3. The van der Waals surface area contributed by atoms with Gasteiger partial charge in [0.25, 0.3) is 11.8 Å². The SMILES string of the molecule is O=C(Nc1cccc(SC(C(=O)Nc2nc(-c3ccc(Cl)cc3Cl)cs2)c2ccccc2)c1)/C(=C/c1cccc(Cl)c1)NC(=O)c1ccccc1. The normalized spacial score (nSPS) is 11.8. The maximum Gasteiger partial charge on any atom is 0.272 e. The van der Waals surface area contributed by atoms with Crippen LogP contribution in [0.5, 0.6) is 0 Å². The van der Waals surface area contributed by atoms with Crippen molar-refractivity contribution in [1.29, 1.82) is 0 Å². The Morgan fingerprint density at radius 1 is 0.745 bits per heavy atom. The van der Waals surface area contributed by atoms with Gasteiger partial charge in [-0.1, -0.05) is 102 Å². The second-order valence-electron chi connectivity index (χ2n) is 11.0. The van der Waals surface area contributed by atoms with Gasteiger partial charge in [0.05, 0.1) is 10.7 Å². The molecule has 3 N–H and O–H groups in total. The van der Waals surface area contributed by atoms with Crippen molar-refractivity contribution in [2.45, 2.75) is 10.1 Å². The zero-order valence-corrected chi connectivity index (χ0v) is 30.4. The largest absolute Gasteiger partial charge is 0.321 e. The molecule has 0 aliphatic rings. The van der Waals surface area contributed by atoms with Gasteiger partial charge in [-0.2, -0.15) is 0 Å². The maximum atomic E-state index is 13.8. The number of hydrogen-bond acceptors (Lipinski definition) is 6. The van der Waals surface area contributed by atoms with Gasteiger partial charge in [-0.15, -0.1) is 23.1 Å². The highest BCUT2D eigenvalue weighted by molar-refractivity contribution is 8.00. The molecule has 51 heavy (non-hydrogen) atoms. The molecule has 6 rings (SSSR count). The van der Waals surface area contributed by atoms with E-state index in [2.05, 4.69) is 20.9 Å². The summed E-state index contributed by atoms with van der Waals surface area (Å²) in [6.07, 6.45) is 1.56. The van der Waals surface area contributed by atoms with Crippen LogP contribution in [0.15, 0.2) is 143 Å². The Labute approximate surface area is 317 Å². The Kier molecular flexibility index (Phi) is 11.9. The van der Waals surface area contributed by atoms with Crippen LogP contribution >= 0.6 is 57.9 Å². The minimum atomic E-state index is -0.660. The molecule has 3 amide bonds. The van der Waals surface area contributed by atoms with E-state index in [9.17, 15) is 14.4 Å². The Hall–Kier alpha value is -4.90. The van der Waals surface area contributed by atoms with E-state index >= 15 is 0 Å². The van der Waals surface area contributed by atoms with Gasteiger partial charge in [-0.3, -0.25) is 14.4 Å². The van der Waals surface area contributed by atoms with E-state index in [1.165, 1.54) is 23.1 Å². The van der Waals surface area contributed by atoms with Crippen LogP contribution in [0.4, 0.5) is 10.8 Å². The highest BCUT2D eigenvalue weighted by Gasteiger charge is 2.24. The molecule has 0 fully saturated rings. The van der Waals surface area contributed by atoms with Crippen LogP contribution in [0.25, 0.3) is 17.3 Å². The second kappa shape index (κ2) is 16.9. The summed E-state index contributed by atoms with van der Waals surface area (Å²) in [7, 11) is 0. The van der Waals surface area contributed by atoms with Gasteiger partial charge in [-0.05, 0) is 77.9 Å². The number of halogens is 3. The number of carbonyl (C=O) groups is 3. The topological polar surface area (TPSA) is 100 Å². The fraction of sp³-hybridized carbons (Fsp3) is 0.0256. The van der Waals surface area contributed by atoms with Crippen LogP contribution in [0.1, 0.15) is 26.7 Å². The maximum absolute atomic E-state index is 13.8. The number of anilines is 2. The number of benzene rings is 5. The third-order valence-corrected chi connectivity index (χ3v) is 10.1. The predicted octanol–water partition coefficient (Wildman–Crippen LogP) is 10.7. The number of nitrogens with one attached hydrogen (secondary N) is 3. The van der Waals surface area contributed by atoms with Crippen molar-refractivity contribution in [3.8, 4) is 11.3 Å². The summed E-state index contributed by atoms with van der Waals surface area (Å²) in [5, 5.41) is 11.6. The third kappa shape index (κ3) is 9.67. The molecule has 254 valence electrons. The molecule has 5 aromatic carbocycles. The van der Waals surface area contributed by atoms with Crippen LogP contribution in [-0.2, 0) is 9.59 Å². The van der Waals surface area contributed by atoms with E-state index in [1.807, 2.05) is 41.8 Å². The van der Waals surface area contributed by atoms with E-state index in [-0.39, 0.29) is 11.6 Å². The number of aromatic nitrogens is 1. The summed E-state index contributed by atoms with van der Waals surface area (Å²) >= 11 is 21.2. The monoisotopic (exact) mass is 768 g/mol. The number of carbonyl (C=O) groups excluding carboxylic acids is 3. The van der Waals surface area contributed by atoms with E-state index < -0.39 is 17.1 Å². The first-order chi connectivity index (χ1) is 24.7. The summed E-state index contributed by atoms with van der Waals surface area (Å²) in [6, 6.07) is 37.2. The highest BCUT2D eigenvalue weighted by Crippen LogP contribution is 2.38. The van der Waals surface area contributed by atoms with Crippen LogP contribution in [0.3, 0.4) is 0 Å². The average molecular weight is 770 g/mol. The molecule has 6 aromatic rings. The fourth-order valence-corrected chi connectivity index (χ4v) is 7.41. The lowest BCUT2D eigenvalue weighted by molar-refractivity contribution is -0.116. The number of thiazole rings is 1. The van der Waals surface area contributed by atoms with Crippen LogP contribution in [-0.4, -0.2) is 22.7 Å². The van der Waals surface area contributed by atoms with Crippen LogP contribution in [0, 0.1) is 0 Å². The molecule has 0 aliphatic heterocycles. The second-order valence-corrected chi connectivity index (χ2v) is 14.3. The van der Waals surface area contributed by atoms with Gasteiger partial charge in [0.2, 0.25) is 5.91 Å². The average Bonchev–Trinajstić information content (AvgIpc) is 3.59. The minimum Gasteiger partial charge on any atom is -0.321 e. The van der Waals surface area contributed by atoms with Gasteiger partial charge in [0.15, 0.2) is 5.13 Å². The molecular weight excluding hydrogens is 743 g/mol. The molecule has 0 saturated heterocycles. The van der Waals surface area contributed by atoms with Crippen molar-refractivity contribution in [3.05, 3.63) is 170 Å². The van der Waals surface area contributed by atoms with Crippen molar-refractivity contribution in [2.75, 3.05) is 10.6 Å². The Balaban J connectivity index is 1.21. The quantitative estimate of drug-likeness (QED) is 0.0900. The third-order valence-electron chi connectivity index (χ3n) is 7.32. The number of amides is 3. The molecule has 1 aromatic heterocycles. The van der Waals surface area contributed by atoms with Crippen molar-refractivity contribution in [2.24, 2.45) is 0 Å². The van der Waals surface area contributed by atoms with E-state index in [0.717, 1.165) is 10.5 Å². The van der Waals surface area contributed by atoms with Crippen molar-refractivity contribution >= 4 is 92.5 Å². The van der Waals surface area contributed by atoms with Crippen molar-refractivity contribution in [1.82, 2.24) is 10.3 Å². The van der Waals surface area contributed by atoms with E-state index in [0.29, 0.717) is 48.3 Å². The molecule has 0 saturated carbocycles. The minimum absolute atomic E-state index is 0.0217. The summed E-state index contributed by atoms with van der Waals surface area (Å²) in [5.74, 6) is -1.26. The first-order valence-electron chi connectivity index (χ1n) is 15.4. The van der Waals surface area contributed by atoms with Crippen molar-refractivity contribution < 1.29 is 14.4 Å². The number of hydrogen-bond donors (Lipinski definition) is 3. The van der Waals surface area contributed by atoms with Crippen LogP contribution in [0.2, 0.25) is 15.1 Å². The zero-order valence-electron chi connectivity index (χ0n) is 26.5. The summed E-state index contributed by atoms with van der Waals surface area (Å²) in [5.41, 5.74) is 3.62. The lowest BCUT2D eigenvalue weighted by Crippen LogP contribution is -2.30. The zero-order chi connectivity index (χ0) is 35.7. The van der Waals surface area contributed by atoms with Gasteiger partial charge in [0, 0.05) is 37.1 Å². The molecule has 0 bridgehead atoms. The summed E-state index contributed by atoms with van der Waals surface area (Å²) in [6.45, 7) is 0. The van der Waals surface area contributed by atoms with E-state index in [4.69, 9.17) is 34.8 Å². The fourth-order valence-electron chi connectivity index (χ4n) is 4.91. The lowest BCUT2D eigenvalue weighted by atomic mass is 10.1. The van der Waals surface area contributed by atoms with Gasteiger partial charge in [0.1, 0.15) is 10.9 Å². The Bertz CT molecular complexity index is 2230. The van der Waals surface area contributed by atoms with E-state index in [1.54, 1.807) is 97.1 Å². The smallest absolute Gasteiger partial charge is 0.272 e. The highest BCUT2D eigenvalue weighted by atomic mass is 35.5. The molecule has 0 spiro atoms. The first kappa shape index (κ1) is 35.9. The number of thioether (sulfide) groups is 1. The van der Waals surface area contributed by atoms with Crippen molar-refractivity contribution in [3.63, 3.8) is 0 Å². The molecule has 7 nitrogen and oxygen atoms in total. The summed E-state index contributed by atoms with van der Waals surface area (Å²) in [4.78, 5) is 45.8.